The monoisotopic (exact) mass is 222 g/mol. The lowest BCUT2D eigenvalue weighted by molar-refractivity contribution is 0.758. The molecule has 2 rings (SSSR count). The Balaban J connectivity index is 2.17. The van der Waals surface area contributed by atoms with Gasteiger partial charge in [-0.1, -0.05) is 12.1 Å². The molecule has 0 saturated heterocycles. The number of nitrogens with zero attached hydrogens (tertiary/aromatic N) is 4. The Morgan fingerprint density at radius 1 is 1.18 bits per heavy atom. The van der Waals surface area contributed by atoms with Crippen LogP contribution in [0.1, 0.15) is 16.8 Å². The lowest BCUT2D eigenvalue weighted by Gasteiger charge is -2.05. The first kappa shape index (κ1) is 10.9. The van der Waals surface area contributed by atoms with Crippen LogP contribution in [0.3, 0.4) is 0 Å². The number of hydrogen-bond acceptors (Lipinski definition) is 3. The van der Waals surface area contributed by atoms with Gasteiger partial charge in [-0.05, 0) is 17.7 Å². The first-order valence-corrected chi connectivity index (χ1v) is 5.18. The van der Waals surface area contributed by atoms with E-state index in [4.69, 9.17) is 10.5 Å². The van der Waals surface area contributed by atoms with Gasteiger partial charge in [-0.15, -0.1) is 0 Å². The summed E-state index contributed by atoms with van der Waals surface area (Å²) in [5, 5.41) is 17.4. The maximum atomic E-state index is 8.70. The van der Waals surface area contributed by atoms with E-state index in [0.29, 0.717) is 18.5 Å². The maximum Gasteiger partial charge on any atom is 0.0991 e. The van der Waals surface area contributed by atoms with Crippen LogP contribution in [0, 0.1) is 22.7 Å². The molecular weight excluding hydrogens is 212 g/mol. The normalized spacial score (nSPS) is 9.53. The zero-order chi connectivity index (χ0) is 12.1. The second kappa shape index (κ2) is 4.96. The highest BCUT2D eigenvalue weighted by atomic mass is 15.0. The van der Waals surface area contributed by atoms with Crippen molar-refractivity contribution >= 4 is 0 Å². The summed E-state index contributed by atoms with van der Waals surface area (Å²) in [7, 11) is 0. The maximum absolute atomic E-state index is 8.70. The summed E-state index contributed by atoms with van der Waals surface area (Å²) in [5.74, 6) is 0. The lowest BCUT2D eigenvalue weighted by atomic mass is 10.1. The molecule has 17 heavy (non-hydrogen) atoms. The predicted octanol–water partition coefficient (Wildman–Crippen LogP) is 1.87. The number of nitriles is 2. The van der Waals surface area contributed by atoms with E-state index >= 15 is 0 Å². The molecule has 0 fully saturated rings. The fraction of sp³-hybridized carbons (Fsp3) is 0.154. The first-order chi connectivity index (χ1) is 8.33. The highest BCUT2D eigenvalue weighted by Gasteiger charge is 2.02. The first-order valence-electron chi connectivity index (χ1n) is 5.18. The zero-order valence-electron chi connectivity index (χ0n) is 9.17. The molecule has 0 atom stereocenters. The Hall–Kier alpha value is -2.59. The highest BCUT2D eigenvalue weighted by molar-refractivity contribution is 5.31. The van der Waals surface area contributed by atoms with Gasteiger partial charge in [-0.2, -0.15) is 10.5 Å². The number of hydrogen-bond donors (Lipinski definition) is 0. The molecule has 82 valence electrons. The molecule has 4 heteroatoms. The largest absolute Gasteiger partial charge is 0.329 e. The molecule has 0 radical (unpaired) electrons. The van der Waals surface area contributed by atoms with Gasteiger partial charge in [0.25, 0.3) is 0 Å². The minimum atomic E-state index is 0.357. The van der Waals surface area contributed by atoms with Crippen molar-refractivity contribution in [2.24, 2.45) is 0 Å². The zero-order valence-corrected chi connectivity index (χ0v) is 9.17. The molecule has 0 aliphatic carbocycles. The molecule has 2 aromatic rings. The van der Waals surface area contributed by atoms with Crippen molar-refractivity contribution < 1.29 is 0 Å². The summed E-state index contributed by atoms with van der Waals surface area (Å²) in [6, 6.07) is 11.6. The minimum Gasteiger partial charge on any atom is -0.329 e. The van der Waals surface area contributed by atoms with Crippen LogP contribution >= 0.6 is 0 Å². The van der Waals surface area contributed by atoms with Crippen molar-refractivity contribution in [3.8, 4) is 12.1 Å². The lowest BCUT2D eigenvalue weighted by Crippen LogP contribution is -2.02. The van der Waals surface area contributed by atoms with Crippen LogP contribution in [0.5, 0.6) is 0 Å². The molecule has 0 aliphatic heterocycles. The van der Waals surface area contributed by atoms with Crippen molar-refractivity contribution in [2.45, 2.75) is 13.0 Å². The van der Waals surface area contributed by atoms with Crippen LogP contribution in [0.2, 0.25) is 0 Å². The fourth-order valence-corrected chi connectivity index (χ4v) is 1.60. The number of benzene rings is 1. The number of rotatable bonds is 3. The molecule has 1 heterocycles. The van der Waals surface area contributed by atoms with E-state index < -0.39 is 0 Å². The van der Waals surface area contributed by atoms with Crippen molar-refractivity contribution in [1.29, 1.82) is 10.5 Å². The predicted molar refractivity (Wildman–Crippen MR) is 61.8 cm³/mol. The van der Waals surface area contributed by atoms with Gasteiger partial charge in [-0.3, -0.25) is 0 Å². The van der Waals surface area contributed by atoms with Gasteiger partial charge in [0.1, 0.15) is 0 Å². The quantitative estimate of drug-likeness (QED) is 0.796. The van der Waals surface area contributed by atoms with Crippen LogP contribution in [-0.4, -0.2) is 9.55 Å². The summed E-state index contributed by atoms with van der Waals surface area (Å²) >= 11 is 0. The third-order valence-electron chi connectivity index (χ3n) is 2.49. The van der Waals surface area contributed by atoms with E-state index in [1.807, 2.05) is 16.7 Å². The van der Waals surface area contributed by atoms with Gasteiger partial charge in [0.05, 0.1) is 36.1 Å². The molecule has 0 amide bonds. The Bertz CT molecular complexity index is 581. The Morgan fingerprint density at radius 2 is 1.94 bits per heavy atom. The molecule has 0 N–H and O–H groups in total. The fourth-order valence-electron chi connectivity index (χ4n) is 1.60. The van der Waals surface area contributed by atoms with Crippen molar-refractivity contribution in [3.05, 3.63) is 53.6 Å². The minimum absolute atomic E-state index is 0.357. The summed E-state index contributed by atoms with van der Waals surface area (Å²) < 4.78 is 1.94. The highest BCUT2D eigenvalue weighted by Crippen LogP contribution is 2.08. The van der Waals surface area contributed by atoms with Gasteiger partial charge in [0.2, 0.25) is 0 Å². The summed E-state index contributed by atoms with van der Waals surface area (Å²) in [6.45, 7) is 0.669. The molecular formula is C13H10N4. The van der Waals surface area contributed by atoms with Crippen molar-refractivity contribution in [1.82, 2.24) is 9.55 Å². The second-order valence-corrected chi connectivity index (χ2v) is 3.66. The van der Waals surface area contributed by atoms with Crippen LogP contribution in [0.15, 0.2) is 36.8 Å². The van der Waals surface area contributed by atoms with E-state index in [0.717, 1.165) is 11.3 Å². The standard InChI is InChI=1S/C13H10N4/c14-6-5-13-8-16-10-17(13)9-12-3-1-11(7-15)2-4-12/h1-4,8,10H,5,9H2. The summed E-state index contributed by atoms with van der Waals surface area (Å²) in [5.41, 5.74) is 2.63. The smallest absolute Gasteiger partial charge is 0.0991 e. The molecule has 0 bridgehead atoms. The molecule has 0 unspecified atom stereocenters. The average Bonchev–Trinajstić information content (AvgIpc) is 2.78. The second-order valence-electron chi connectivity index (χ2n) is 3.66. The van der Waals surface area contributed by atoms with E-state index in [-0.39, 0.29) is 0 Å². The third-order valence-corrected chi connectivity index (χ3v) is 2.49. The van der Waals surface area contributed by atoms with E-state index in [1.165, 1.54) is 0 Å². The summed E-state index contributed by atoms with van der Waals surface area (Å²) in [6.07, 6.45) is 3.77. The Kier molecular flexibility index (Phi) is 3.18. The van der Waals surface area contributed by atoms with Crippen LogP contribution in [0.25, 0.3) is 0 Å². The molecule has 1 aromatic carbocycles. The third kappa shape index (κ3) is 2.50. The number of imidazole rings is 1. The molecule has 0 spiro atoms. The summed E-state index contributed by atoms with van der Waals surface area (Å²) in [4.78, 5) is 4.03. The Labute approximate surface area is 99.4 Å². The van der Waals surface area contributed by atoms with Gasteiger partial charge in [0, 0.05) is 12.7 Å². The van der Waals surface area contributed by atoms with Gasteiger partial charge < -0.3 is 4.57 Å². The average molecular weight is 222 g/mol. The van der Waals surface area contributed by atoms with E-state index in [9.17, 15) is 0 Å². The molecule has 0 aliphatic rings. The van der Waals surface area contributed by atoms with Crippen LogP contribution < -0.4 is 0 Å². The number of aromatic nitrogens is 2. The van der Waals surface area contributed by atoms with Gasteiger partial charge in [0.15, 0.2) is 0 Å². The van der Waals surface area contributed by atoms with Crippen LogP contribution in [-0.2, 0) is 13.0 Å². The SMILES string of the molecule is N#CCc1cncn1Cc1ccc(C#N)cc1. The van der Waals surface area contributed by atoms with Crippen LogP contribution in [0.4, 0.5) is 0 Å². The van der Waals surface area contributed by atoms with E-state index in [1.54, 1.807) is 24.7 Å². The van der Waals surface area contributed by atoms with Crippen molar-refractivity contribution in [3.63, 3.8) is 0 Å². The van der Waals surface area contributed by atoms with Gasteiger partial charge >= 0.3 is 0 Å². The molecule has 1 aromatic heterocycles. The Morgan fingerprint density at radius 3 is 2.59 bits per heavy atom. The van der Waals surface area contributed by atoms with E-state index in [2.05, 4.69) is 17.1 Å². The molecule has 4 nitrogen and oxygen atoms in total. The van der Waals surface area contributed by atoms with Gasteiger partial charge in [-0.25, -0.2) is 4.98 Å². The molecule has 0 saturated carbocycles. The van der Waals surface area contributed by atoms with Crippen molar-refractivity contribution in [2.75, 3.05) is 0 Å². The topological polar surface area (TPSA) is 65.4 Å².